The fourth-order valence-electron chi connectivity index (χ4n) is 2.45. The molecule has 90 valence electrons. The smallest absolute Gasteiger partial charge is 0.0359 e. The lowest BCUT2D eigenvalue weighted by atomic mass is 10.1. The second kappa shape index (κ2) is 5.51. The van der Waals surface area contributed by atoms with Gasteiger partial charge < -0.3 is 14.8 Å². The van der Waals surface area contributed by atoms with Gasteiger partial charge in [-0.15, -0.1) is 0 Å². The van der Waals surface area contributed by atoms with Gasteiger partial charge in [-0.3, -0.25) is 0 Å². The molecule has 3 heteroatoms. The number of aryl methyl sites for hydroxylation is 1. The predicted octanol–water partition coefficient (Wildman–Crippen LogP) is 1.46. The summed E-state index contributed by atoms with van der Waals surface area (Å²) in [5.41, 5.74) is 1.37. The van der Waals surface area contributed by atoms with Crippen molar-refractivity contribution in [1.82, 2.24) is 14.8 Å². The Morgan fingerprint density at radius 3 is 3.00 bits per heavy atom. The number of hydrogen-bond donors (Lipinski definition) is 1. The van der Waals surface area contributed by atoms with E-state index in [0.29, 0.717) is 0 Å². The first kappa shape index (κ1) is 11.7. The predicted molar refractivity (Wildman–Crippen MR) is 67.3 cm³/mol. The summed E-state index contributed by atoms with van der Waals surface area (Å²) in [5, 5.41) is 3.57. The summed E-state index contributed by atoms with van der Waals surface area (Å²) in [6, 6.07) is 4.28. The molecule has 0 amide bonds. The molecule has 1 saturated heterocycles. The summed E-state index contributed by atoms with van der Waals surface area (Å²) < 4.78 is 2.18. The number of likely N-dealkylation sites (tertiary alicyclic amines) is 1. The van der Waals surface area contributed by atoms with Gasteiger partial charge in [0.15, 0.2) is 0 Å². The second-order valence-electron chi connectivity index (χ2n) is 4.79. The molecule has 1 aliphatic heterocycles. The third kappa shape index (κ3) is 2.86. The lowest BCUT2D eigenvalue weighted by Crippen LogP contribution is -2.26. The standard InChI is InChI=1S/C13H23N3/c1-3-16-8-6-12(11-16)9-14-10-13-5-4-7-15(13)2/h4-5,7,12,14H,3,6,8-11H2,1-2H3. The highest BCUT2D eigenvalue weighted by molar-refractivity contribution is 5.05. The number of nitrogens with zero attached hydrogens (tertiary/aromatic N) is 2. The Morgan fingerprint density at radius 2 is 2.38 bits per heavy atom. The van der Waals surface area contributed by atoms with Crippen LogP contribution in [0, 0.1) is 5.92 Å². The van der Waals surface area contributed by atoms with Gasteiger partial charge in [-0.2, -0.15) is 0 Å². The van der Waals surface area contributed by atoms with E-state index in [2.05, 4.69) is 47.1 Å². The van der Waals surface area contributed by atoms with E-state index >= 15 is 0 Å². The molecule has 1 aromatic rings. The largest absolute Gasteiger partial charge is 0.353 e. The van der Waals surface area contributed by atoms with Gasteiger partial charge in [0, 0.05) is 32.0 Å². The van der Waals surface area contributed by atoms with Crippen LogP contribution in [0.15, 0.2) is 18.3 Å². The van der Waals surface area contributed by atoms with E-state index in [4.69, 9.17) is 0 Å². The molecule has 0 saturated carbocycles. The number of nitrogens with one attached hydrogen (secondary N) is 1. The maximum atomic E-state index is 3.57. The van der Waals surface area contributed by atoms with Crippen LogP contribution in [0.5, 0.6) is 0 Å². The lowest BCUT2D eigenvalue weighted by Gasteiger charge is -2.13. The Hall–Kier alpha value is -0.800. The highest BCUT2D eigenvalue weighted by atomic mass is 15.1. The summed E-state index contributed by atoms with van der Waals surface area (Å²) in [4.78, 5) is 2.54. The summed E-state index contributed by atoms with van der Waals surface area (Å²) in [6.07, 6.45) is 3.46. The van der Waals surface area contributed by atoms with Gasteiger partial charge >= 0.3 is 0 Å². The van der Waals surface area contributed by atoms with Crippen molar-refractivity contribution in [3.05, 3.63) is 24.0 Å². The van der Waals surface area contributed by atoms with Crippen LogP contribution in [0.1, 0.15) is 19.0 Å². The van der Waals surface area contributed by atoms with Crippen molar-refractivity contribution in [3.8, 4) is 0 Å². The van der Waals surface area contributed by atoms with Gasteiger partial charge in [0.25, 0.3) is 0 Å². The summed E-state index contributed by atoms with van der Waals surface area (Å²) in [5.74, 6) is 0.847. The maximum Gasteiger partial charge on any atom is 0.0359 e. The van der Waals surface area contributed by atoms with Gasteiger partial charge in [-0.25, -0.2) is 0 Å². The molecule has 0 bridgehead atoms. The minimum atomic E-state index is 0.847. The van der Waals surface area contributed by atoms with Gasteiger partial charge in [0.2, 0.25) is 0 Å². The Kier molecular flexibility index (Phi) is 4.02. The minimum Gasteiger partial charge on any atom is -0.353 e. The van der Waals surface area contributed by atoms with E-state index < -0.39 is 0 Å². The van der Waals surface area contributed by atoms with Crippen LogP contribution in [-0.4, -0.2) is 35.6 Å². The highest BCUT2D eigenvalue weighted by Crippen LogP contribution is 2.14. The number of hydrogen-bond acceptors (Lipinski definition) is 2. The zero-order valence-electron chi connectivity index (χ0n) is 10.4. The zero-order valence-corrected chi connectivity index (χ0v) is 10.4. The van der Waals surface area contributed by atoms with Crippen molar-refractivity contribution in [2.75, 3.05) is 26.2 Å². The lowest BCUT2D eigenvalue weighted by molar-refractivity contribution is 0.338. The Morgan fingerprint density at radius 1 is 1.50 bits per heavy atom. The summed E-state index contributed by atoms with van der Waals surface area (Å²) in [7, 11) is 2.10. The summed E-state index contributed by atoms with van der Waals surface area (Å²) in [6.45, 7) is 8.16. The molecule has 0 aliphatic carbocycles. The first-order valence-electron chi connectivity index (χ1n) is 6.33. The number of rotatable bonds is 5. The molecule has 16 heavy (non-hydrogen) atoms. The monoisotopic (exact) mass is 221 g/mol. The quantitative estimate of drug-likeness (QED) is 0.812. The van der Waals surface area contributed by atoms with E-state index in [1.807, 2.05) is 0 Å². The Balaban J connectivity index is 1.67. The molecular formula is C13H23N3. The van der Waals surface area contributed by atoms with Gasteiger partial charge in [-0.05, 0) is 44.1 Å². The molecule has 1 aliphatic rings. The molecule has 3 nitrogen and oxygen atoms in total. The van der Waals surface area contributed by atoms with Crippen molar-refractivity contribution < 1.29 is 0 Å². The van der Waals surface area contributed by atoms with Crippen LogP contribution >= 0.6 is 0 Å². The average Bonchev–Trinajstić information content (AvgIpc) is 2.89. The van der Waals surface area contributed by atoms with Crippen LogP contribution < -0.4 is 5.32 Å². The van der Waals surface area contributed by atoms with E-state index in [0.717, 1.165) is 19.0 Å². The average molecular weight is 221 g/mol. The maximum absolute atomic E-state index is 3.57. The Labute approximate surface area is 98.4 Å². The van der Waals surface area contributed by atoms with Crippen LogP contribution in [0.25, 0.3) is 0 Å². The first-order chi connectivity index (χ1) is 7.79. The van der Waals surface area contributed by atoms with Gasteiger partial charge in [0.05, 0.1) is 0 Å². The molecular weight excluding hydrogens is 198 g/mol. The molecule has 1 atom stereocenters. The minimum absolute atomic E-state index is 0.847. The fraction of sp³-hybridized carbons (Fsp3) is 0.692. The van der Waals surface area contributed by atoms with Crippen molar-refractivity contribution in [3.63, 3.8) is 0 Å². The third-order valence-corrected chi connectivity index (χ3v) is 3.61. The molecule has 0 aromatic carbocycles. The van der Waals surface area contributed by atoms with Crippen molar-refractivity contribution >= 4 is 0 Å². The molecule has 0 spiro atoms. The molecule has 1 N–H and O–H groups in total. The molecule has 0 radical (unpaired) electrons. The third-order valence-electron chi connectivity index (χ3n) is 3.61. The second-order valence-corrected chi connectivity index (χ2v) is 4.79. The van der Waals surface area contributed by atoms with Crippen LogP contribution in [0.4, 0.5) is 0 Å². The Bertz CT molecular complexity index is 319. The fourth-order valence-corrected chi connectivity index (χ4v) is 2.45. The normalized spacial score (nSPS) is 21.8. The molecule has 2 heterocycles. The van der Waals surface area contributed by atoms with Crippen LogP contribution in [0.3, 0.4) is 0 Å². The van der Waals surface area contributed by atoms with Gasteiger partial charge in [0.1, 0.15) is 0 Å². The van der Waals surface area contributed by atoms with E-state index in [1.54, 1.807) is 0 Å². The molecule has 1 aromatic heterocycles. The van der Waals surface area contributed by atoms with Crippen LogP contribution in [0.2, 0.25) is 0 Å². The van der Waals surface area contributed by atoms with E-state index in [1.165, 1.54) is 31.7 Å². The zero-order chi connectivity index (χ0) is 11.4. The van der Waals surface area contributed by atoms with Crippen LogP contribution in [-0.2, 0) is 13.6 Å². The van der Waals surface area contributed by atoms with Crippen molar-refractivity contribution in [2.24, 2.45) is 13.0 Å². The molecule has 1 unspecified atom stereocenters. The van der Waals surface area contributed by atoms with Crippen molar-refractivity contribution in [2.45, 2.75) is 19.9 Å². The van der Waals surface area contributed by atoms with E-state index in [-0.39, 0.29) is 0 Å². The van der Waals surface area contributed by atoms with E-state index in [9.17, 15) is 0 Å². The first-order valence-corrected chi connectivity index (χ1v) is 6.33. The summed E-state index contributed by atoms with van der Waals surface area (Å²) >= 11 is 0. The van der Waals surface area contributed by atoms with Crippen molar-refractivity contribution in [1.29, 1.82) is 0 Å². The number of aromatic nitrogens is 1. The highest BCUT2D eigenvalue weighted by Gasteiger charge is 2.20. The molecule has 1 fully saturated rings. The van der Waals surface area contributed by atoms with Gasteiger partial charge in [-0.1, -0.05) is 6.92 Å². The topological polar surface area (TPSA) is 20.2 Å². The SMILES string of the molecule is CCN1CCC(CNCc2cccn2C)C1. The molecule has 2 rings (SSSR count).